The second-order valence-electron chi connectivity index (χ2n) is 5.68. The van der Waals surface area contributed by atoms with E-state index in [0.717, 1.165) is 0 Å². The second kappa shape index (κ2) is 6.80. The summed E-state index contributed by atoms with van der Waals surface area (Å²) in [6, 6.07) is 6.82. The number of carbonyl (C=O) groups excluding carboxylic acids is 1. The first-order chi connectivity index (χ1) is 9.62. The topological polar surface area (TPSA) is 66.8 Å². The zero-order valence-corrected chi connectivity index (χ0v) is 13.3. The first-order valence-corrected chi connectivity index (χ1v) is 6.95. The Morgan fingerprint density at radius 2 is 1.90 bits per heavy atom. The fraction of sp³-hybridized carbons (Fsp3) is 0.467. The molecular formula is C15H20ClNO4. The van der Waals surface area contributed by atoms with Gasteiger partial charge in [0.2, 0.25) is 0 Å². The lowest BCUT2D eigenvalue weighted by molar-refractivity contribution is -0.151. The summed E-state index contributed by atoms with van der Waals surface area (Å²) in [5, 5.41) is 9.36. The predicted molar refractivity (Wildman–Crippen MR) is 80.6 cm³/mol. The molecule has 1 unspecified atom stereocenters. The smallest absolute Gasteiger partial charge is 0.323 e. The van der Waals surface area contributed by atoms with Crippen LogP contribution in [0.25, 0.3) is 0 Å². The number of halogens is 1. The van der Waals surface area contributed by atoms with E-state index in [1.54, 1.807) is 52.0 Å². The Kier molecular flexibility index (Phi) is 5.61. The molecule has 1 rings (SSSR count). The molecule has 6 heteroatoms. The lowest BCUT2D eigenvalue weighted by Gasteiger charge is -2.36. The number of hydrogen-bond donors (Lipinski definition) is 1. The van der Waals surface area contributed by atoms with Gasteiger partial charge in [0.15, 0.2) is 6.10 Å². The minimum Gasteiger partial charge on any atom is -0.480 e. The van der Waals surface area contributed by atoms with Crippen molar-refractivity contribution >= 4 is 23.5 Å². The van der Waals surface area contributed by atoms with Crippen molar-refractivity contribution in [2.24, 2.45) is 0 Å². The Balaban J connectivity index is 2.88. The van der Waals surface area contributed by atoms with E-state index in [1.165, 1.54) is 4.90 Å². The zero-order valence-electron chi connectivity index (χ0n) is 12.6. The maximum absolute atomic E-state index is 12.4. The number of benzene rings is 1. The van der Waals surface area contributed by atoms with Gasteiger partial charge in [0.05, 0.1) is 5.02 Å². The van der Waals surface area contributed by atoms with Gasteiger partial charge in [-0.3, -0.25) is 9.59 Å². The van der Waals surface area contributed by atoms with Gasteiger partial charge in [-0.05, 0) is 39.8 Å². The Hall–Kier alpha value is -1.75. The molecule has 1 amide bonds. The monoisotopic (exact) mass is 313 g/mol. The van der Waals surface area contributed by atoms with Crippen molar-refractivity contribution in [1.82, 2.24) is 4.90 Å². The Bertz CT molecular complexity index is 525. The molecule has 21 heavy (non-hydrogen) atoms. The van der Waals surface area contributed by atoms with Crippen molar-refractivity contribution < 1.29 is 19.4 Å². The van der Waals surface area contributed by atoms with Crippen LogP contribution in [0.5, 0.6) is 5.75 Å². The molecule has 1 atom stereocenters. The van der Waals surface area contributed by atoms with E-state index in [-0.39, 0.29) is 6.54 Å². The van der Waals surface area contributed by atoms with Crippen molar-refractivity contribution in [2.45, 2.75) is 39.3 Å². The van der Waals surface area contributed by atoms with Gasteiger partial charge < -0.3 is 14.7 Å². The van der Waals surface area contributed by atoms with Gasteiger partial charge >= 0.3 is 5.97 Å². The number of hydrogen-bond acceptors (Lipinski definition) is 3. The maximum Gasteiger partial charge on any atom is 0.323 e. The summed E-state index contributed by atoms with van der Waals surface area (Å²) in [7, 11) is 0. The molecule has 5 nitrogen and oxygen atoms in total. The van der Waals surface area contributed by atoms with Crippen molar-refractivity contribution in [2.75, 3.05) is 6.54 Å². The summed E-state index contributed by atoms with van der Waals surface area (Å²) in [5.74, 6) is -1.07. The molecule has 0 spiro atoms. The molecule has 0 heterocycles. The number of rotatable bonds is 5. The van der Waals surface area contributed by atoms with Gasteiger partial charge in [-0.1, -0.05) is 23.7 Å². The van der Waals surface area contributed by atoms with Crippen LogP contribution in [0.2, 0.25) is 5.02 Å². The predicted octanol–water partition coefficient (Wildman–Crippen LogP) is 2.82. The van der Waals surface area contributed by atoms with Crippen LogP contribution in [0.4, 0.5) is 0 Å². The number of carboxylic acid groups (broad SMARTS) is 1. The average Bonchev–Trinajstić information content (AvgIpc) is 2.36. The maximum atomic E-state index is 12.4. The van der Waals surface area contributed by atoms with E-state index >= 15 is 0 Å². The number of carbonyl (C=O) groups is 2. The van der Waals surface area contributed by atoms with Gasteiger partial charge in [-0.25, -0.2) is 0 Å². The minimum atomic E-state index is -1.07. The number of carboxylic acids is 1. The highest BCUT2D eigenvalue weighted by molar-refractivity contribution is 6.32. The molecular weight excluding hydrogens is 294 g/mol. The lowest BCUT2D eigenvalue weighted by Crippen LogP contribution is -2.52. The fourth-order valence-electron chi connectivity index (χ4n) is 1.78. The number of para-hydroxylation sites is 1. The first-order valence-electron chi connectivity index (χ1n) is 6.57. The van der Waals surface area contributed by atoms with E-state index in [0.29, 0.717) is 10.8 Å². The molecule has 0 radical (unpaired) electrons. The van der Waals surface area contributed by atoms with Crippen molar-refractivity contribution in [3.63, 3.8) is 0 Å². The quantitative estimate of drug-likeness (QED) is 0.907. The van der Waals surface area contributed by atoms with Crippen molar-refractivity contribution in [3.05, 3.63) is 29.3 Å². The van der Waals surface area contributed by atoms with Crippen LogP contribution in [0.1, 0.15) is 27.7 Å². The van der Waals surface area contributed by atoms with Crippen molar-refractivity contribution in [1.29, 1.82) is 0 Å². The SMILES string of the molecule is CC(Oc1ccccc1Cl)C(=O)N(CC(=O)O)C(C)(C)C. The summed E-state index contributed by atoms with van der Waals surface area (Å²) in [5.41, 5.74) is -0.617. The number of amides is 1. The van der Waals surface area contributed by atoms with E-state index in [4.69, 9.17) is 21.4 Å². The first kappa shape index (κ1) is 17.3. The molecule has 0 aliphatic rings. The highest BCUT2D eigenvalue weighted by atomic mass is 35.5. The highest BCUT2D eigenvalue weighted by Gasteiger charge is 2.32. The van der Waals surface area contributed by atoms with Crippen molar-refractivity contribution in [3.8, 4) is 5.75 Å². The van der Waals surface area contributed by atoms with E-state index in [9.17, 15) is 9.59 Å². The average molecular weight is 314 g/mol. The van der Waals surface area contributed by atoms with Gasteiger partial charge in [-0.2, -0.15) is 0 Å². The highest BCUT2D eigenvalue weighted by Crippen LogP contribution is 2.25. The normalized spacial score (nSPS) is 12.6. The van der Waals surface area contributed by atoms with Crippen LogP contribution in [0, 0.1) is 0 Å². The van der Waals surface area contributed by atoms with Crippen LogP contribution in [0.3, 0.4) is 0 Å². The van der Waals surface area contributed by atoms with Crippen LogP contribution >= 0.6 is 11.6 Å². The van der Waals surface area contributed by atoms with E-state index < -0.39 is 23.5 Å². The molecule has 0 saturated heterocycles. The summed E-state index contributed by atoms with van der Waals surface area (Å²) >= 11 is 5.98. The molecule has 0 bridgehead atoms. The molecule has 1 aromatic carbocycles. The molecule has 1 N–H and O–H groups in total. The third kappa shape index (κ3) is 4.93. The molecule has 0 fully saturated rings. The summed E-state index contributed by atoms with van der Waals surface area (Å²) in [6.07, 6.45) is -0.830. The van der Waals surface area contributed by atoms with Crippen LogP contribution in [-0.2, 0) is 9.59 Å². The van der Waals surface area contributed by atoms with Gasteiger partial charge in [0.1, 0.15) is 12.3 Å². The van der Waals surface area contributed by atoms with Gasteiger partial charge in [-0.15, -0.1) is 0 Å². The largest absolute Gasteiger partial charge is 0.480 e. The third-order valence-corrected chi connectivity index (χ3v) is 3.17. The third-order valence-electron chi connectivity index (χ3n) is 2.86. The van der Waals surface area contributed by atoms with Crippen LogP contribution < -0.4 is 4.74 Å². The van der Waals surface area contributed by atoms with Crippen LogP contribution in [0.15, 0.2) is 24.3 Å². The molecule has 0 saturated carbocycles. The molecule has 0 aliphatic carbocycles. The minimum absolute atomic E-state index is 0.376. The zero-order chi connectivity index (χ0) is 16.2. The summed E-state index contributed by atoms with van der Waals surface area (Å²) in [4.78, 5) is 24.7. The fourth-order valence-corrected chi connectivity index (χ4v) is 1.96. The summed E-state index contributed by atoms with van der Waals surface area (Å²) in [6.45, 7) is 6.52. The second-order valence-corrected chi connectivity index (χ2v) is 6.09. The summed E-state index contributed by atoms with van der Waals surface area (Å²) < 4.78 is 5.55. The Morgan fingerprint density at radius 3 is 2.38 bits per heavy atom. The number of aliphatic carboxylic acids is 1. The number of ether oxygens (including phenoxy) is 1. The van der Waals surface area contributed by atoms with E-state index in [1.807, 2.05) is 0 Å². The van der Waals surface area contributed by atoms with Gasteiger partial charge in [0, 0.05) is 5.54 Å². The van der Waals surface area contributed by atoms with E-state index in [2.05, 4.69) is 0 Å². The molecule has 1 aromatic rings. The Labute approximate surface area is 129 Å². The molecule has 116 valence electrons. The Morgan fingerprint density at radius 1 is 1.33 bits per heavy atom. The van der Waals surface area contributed by atoms with Crippen LogP contribution in [-0.4, -0.2) is 40.1 Å². The number of nitrogens with zero attached hydrogens (tertiary/aromatic N) is 1. The van der Waals surface area contributed by atoms with Gasteiger partial charge in [0.25, 0.3) is 5.91 Å². The molecule has 0 aromatic heterocycles. The standard InChI is InChI=1S/C15H20ClNO4/c1-10(21-12-8-6-5-7-11(12)16)14(20)17(9-13(18)19)15(2,3)4/h5-8,10H,9H2,1-4H3,(H,18,19). The lowest BCUT2D eigenvalue weighted by atomic mass is 10.0. The molecule has 0 aliphatic heterocycles.